The molecule has 0 saturated carbocycles. The molecular weight excluding hydrogens is 410 g/mol. The van der Waals surface area contributed by atoms with Crippen molar-refractivity contribution in [3.05, 3.63) is 40.1 Å². The largest absolute Gasteiger partial charge is 0.464 e. The van der Waals surface area contributed by atoms with Crippen LogP contribution in [0.4, 0.5) is 5.69 Å². The first kappa shape index (κ1) is 17.2. The van der Waals surface area contributed by atoms with E-state index in [-0.39, 0.29) is 28.0 Å². The van der Waals surface area contributed by atoms with Gasteiger partial charge in [-0.3, -0.25) is 15.1 Å². The molecule has 0 atom stereocenters. The van der Waals surface area contributed by atoms with Crippen molar-refractivity contribution in [2.75, 3.05) is 17.8 Å². The first-order chi connectivity index (χ1) is 12.0. The summed E-state index contributed by atoms with van der Waals surface area (Å²) in [4.78, 5) is 25.6. The molecule has 0 unspecified atom stereocenters. The van der Waals surface area contributed by atoms with E-state index in [4.69, 9.17) is 10.1 Å². The zero-order valence-electron chi connectivity index (χ0n) is 12.8. The lowest BCUT2D eigenvalue weighted by molar-refractivity contribution is -0.115. The molecule has 1 N–H and O–H groups in total. The van der Waals surface area contributed by atoms with Crippen molar-refractivity contribution < 1.29 is 14.3 Å². The summed E-state index contributed by atoms with van der Waals surface area (Å²) in [6.07, 6.45) is 0. The molecule has 1 aliphatic rings. The van der Waals surface area contributed by atoms with Gasteiger partial charge in [0.1, 0.15) is 11.8 Å². The Bertz CT molecular complexity index is 916. The molecule has 0 radical (unpaired) electrons. The number of esters is 1. The fraction of sp³-hybridized carbons (Fsp3) is 0.133. The lowest BCUT2D eigenvalue weighted by Gasteiger charge is -2.15. The zero-order valence-corrected chi connectivity index (χ0v) is 15.2. The third-order valence-corrected chi connectivity index (χ3v) is 4.80. The maximum atomic E-state index is 12.4. The molecule has 1 fully saturated rings. The molecule has 0 bridgehead atoms. The van der Waals surface area contributed by atoms with Crippen LogP contribution in [-0.4, -0.2) is 39.7 Å². The normalized spacial score (nSPS) is 13.9. The second-order valence-electron chi connectivity index (χ2n) is 4.86. The number of rotatable bonds is 3. The number of methoxy groups -OCH3 is 1. The molecule has 2 heterocycles. The van der Waals surface area contributed by atoms with Crippen LogP contribution in [0.5, 0.6) is 0 Å². The number of carbonyl (C=O) groups is 2. The molecule has 2 aromatic rings. The smallest absolute Gasteiger partial charge is 0.359 e. The lowest BCUT2D eigenvalue weighted by Crippen LogP contribution is -2.31. The molecule has 8 nitrogen and oxygen atoms in total. The Morgan fingerprint density at radius 3 is 2.64 bits per heavy atom. The van der Waals surface area contributed by atoms with Gasteiger partial charge in [-0.05, 0) is 24.3 Å². The molecule has 0 spiro atoms. The Morgan fingerprint density at radius 1 is 1.44 bits per heavy atom. The number of hydrogen-bond donors (Lipinski definition) is 1. The minimum atomic E-state index is -0.760. The number of halogens is 1. The van der Waals surface area contributed by atoms with E-state index in [1.807, 2.05) is 6.07 Å². The molecule has 1 aliphatic heterocycles. The predicted octanol–water partition coefficient (Wildman–Crippen LogP) is 2.31. The predicted molar refractivity (Wildman–Crippen MR) is 95.0 cm³/mol. The van der Waals surface area contributed by atoms with Crippen molar-refractivity contribution in [2.24, 2.45) is 0 Å². The first-order valence-corrected chi connectivity index (χ1v) is 8.67. The highest BCUT2D eigenvalue weighted by Crippen LogP contribution is 2.33. The van der Waals surface area contributed by atoms with E-state index >= 15 is 0 Å². The summed E-state index contributed by atoms with van der Waals surface area (Å²) < 4.78 is 6.89. The number of amides is 1. The summed E-state index contributed by atoms with van der Waals surface area (Å²) in [6.45, 7) is 0. The Kier molecular flexibility index (Phi) is 4.61. The average molecular weight is 420 g/mol. The first-order valence-electron chi connectivity index (χ1n) is 6.89. The van der Waals surface area contributed by atoms with E-state index in [1.54, 1.807) is 24.3 Å². The summed E-state index contributed by atoms with van der Waals surface area (Å²) in [5.41, 5.74) is 0.264. The van der Waals surface area contributed by atoms with Crippen LogP contribution in [0.3, 0.4) is 0 Å². The fourth-order valence-electron chi connectivity index (χ4n) is 2.34. The number of anilines is 1. The van der Waals surface area contributed by atoms with E-state index in [1.165, 1.54) is 11.8 Å². The number of nitriles is 1. The maximum Gasteiger partial charge on any atom is 0.359 e. The van der Waals surface area contributed by atoms with Crippen LogP contribution in [-0.2, 0) is 9.53 Å². The van der Waals surface area contributed by atoms with Gasteiger partial charge in [0.15, 0.2) is 16.6 Å². The summed E-state index contributed by atoms with van der Waals surface area (Å²) in [6, 6.07) is 8.78. The van der Waals surface area contributed by atoms with Crippen LogP contribution in [0, 0.1) is 16.7 Å². The summed E-state index contributed by atoms with van der Waals surface area (Å²) in [5, 5.41) is 21.5. The number of nitrogens with one attached hydrogen (secondary N) is 1. The molecule has 10 heteroatoms. The molecule has 1 amide bonds. The van der Waals surface area contributed by atoms with E-state index in [9.17, 15) is 14.9 Å². The second kappa shape index (κ2) is 6.70. The molecule has 1 aromatic carbocycles. The Balaban J connectivity index is 2.29. The quantitative estimate of drug-likeness (QED) is 0.763. The molecule has 1 saturated heterocycles. The molecular formula is C15H10BrN5O3S. The van der Waals surface area contributed by atoms with Gasteiger partial charge < -0.3 is 4.74 Å². The van der Waals surface area contributed by atoms with Crippen LogP contribution in [0.25, 0.3) is 5.69 Å². The van der Waals surface area contributed by atoms with Crippen LogP contribution in [0.15, 0.2) is 28.7 Å². The molecule has 126 valence electrons. The van der Waals surface area contributed by atoms with Crippen molar-refractivity contribution >= 4 is 50.4 Å². The Labute approximate surface area is 155 Å². The monoisotopic (exact) mass is 419 g/mol. The van der Waals surface area contributed by atoms with Gasteiger partial charge in [-0.25, -0.2) is 9.48 Å². The fourth-order valence-corrected chi connectivity index (χ4v) is 3.32. The number of carbonyl (C=O) groups excluding carboxylic acids is 2. The van der Waals surface area contributed by atoms with Gasteiger partial charge in [0.25, 0.3) is 0 Å². The van der Waals surface area contributed by atoms with Crippen LogP contribution < -0.4 is 4.90 Å². The minimum Gasteiger partial charge on any atom is -0.464 e. The number of benzene rings is 1. The lowest BCUT2D eigenvalue weighted by atomic mass is 10.2. The average Bonchev–Trinajstić information content (AvgIpc) is 3.14. The van der Waals surface area contributed by atoms with Crippen molar-refractivity contribution in [1.82, 2.24) is 9.78 Å². The van der Waals surface area contributed by atoms with E-state index < -0.39 is 11.9 Å². The number of hydrogen-bond acceptors (Lipinski definition) is 7. The molecule has 1 aromatic heterocycles. The highest BCUT2D eigenvalue weighted by Gasteiger charge is 2.37. The van der Waals surface area contributed by atoms with Gasteiger partial charge in [-0.1, -0.05) is 27.7 Å². The van der Waals surface area contributed by atoms with E-state index in [0.29, 0.717) is 5.69 Å². The van der Waals surface area contributed by atoms with Gasteiger partial charge >= 0.3 is 5.97 Å². The van der Waals surface area contributed by atoms with Crippen molar-refractivity contribution in [3.63, 3.8) is 0 Å². The maximum absolute atomic E-state index is 12.4. The number of amidine groups is 1. The van der Waals surface area contributed by atoms with Gasteiger partial charge in [-0.15, -0.1) is 0 Å². The number of ether oxygens (including phenoxy) is 1. The zero-order chi connectivity index (χ0) is 18.1. The standard InChI is InChI=1S/C15H10BrN5O3S/c1-24-14(23)13-12(20-11(22)7-25-15(20)18)10(6-17)19-21(13)9-4-2-8(16)3-5-9/h2-5,18H,7H2,1H3. The minimum absolute atomic E-state index is 0.0303. The third-order valence-electron chi connectivity index (χ3n) is 3.42. The van der Waals surface area contributed by atoms with Crippen molar-refractivity contribution in [2.45, 2.75) is 0 Å². The number of aromatic nitrogens is 2. The van der Waals surface area contributed by atoms with Crippen molar-refractivity contribution in [3.8, 4) is 11.8 Å². The van der Waals surface area contributed by atoms with Gasteiger partial charge in [-0.2, -0.15) is 10.4 Å². The SMILES string of the molecule is COC(=O)c1c(N2C(=N)SCC2=O)c(C#N)nn1-c1ccc(Br)cc1. The van der Waals surface area contributed by atoms with Crippen LogP contribution in [0.2, 0.25) is 0 Å². The van der Waals surface area contributed by atoms with Crippen LogP contribution >= 0.6 is 27.7 Å². The van der Waals surface area contributed by atoms with Crippen LogP contribution in [0.1, 0.15) is 16.2 Å². The number of nitrogens with zero attached hydrogens (tertiary/aromatic N) is 4. The molecule has 0 aliphatic carbocycles. The topological polar surface area (TPSA) is 112 Å². The highest BCUT2D eigenvalue weighted by atomic mass is 79.9. The second-order valence-corrected chi connectivity index (χ2v) is 6.74. The highest BCUT2D eigenvalue weighted by molar-refractivity contribution is 9.10. The summed E-state index contributed by atoms with van der Waals surface area (Å²) in [7, 11) is 1.20. The molecule has 3 rings (SSSR count). The van der Waals surface area contributed by atoms with E-state index in [2.05, 4.69) is 21.0 Å². The van der Waals surface area contributed by atoms with Crippen molar-refractivity contribution in [1.29, 1.82) is 10.7 Å². The number of thioether (sulfide) groups is 1. The Hall–Kier alpha value is -2.64. The van der Waals surface area contributed by atoms with Gasteiger partial charge in [0.05, 0.1) is 18.6 Å². The van der Waals surface area contributed by atoms with Gasteiger partial charge in [0.2, 0.25) is 5.91 Å². The Morgan fingerprint density at radius 2 is 2.12 bits per heavy atom. The third kappa shape index (κ3) is 2.92. The van der Waals surface area contributed by atoms with E-state index in [0.717, 1.165) is 21.1 Å². The molecule has 25 heavy (non-hydrogen) atoms. The summed E-state index contributed by atoms with van der Waals surface area (Å²) in [5.74, 6) is -1.09. The van der Waals surface area contributed by atoms with Gasteiger partial charge in [0, 0.05) is 4.47 Å². The summed E-state index contributed by atoms with van der Waals surface area (Å²) >= 11 is 4.34.